The molecule has 0 spiro atoms. The third kappa shape index (κ3) is 5.13. The van der Waals surface area contributed by atoms with Crippen LogP contribution in [0.2, 0.25) is 0 Å². The topological polar surface area (TPSA) is 81.4 Å². The summed E-state index contributed by atoms with van der Waals surface area (Å²) in [5, 5.41) is 6.64. The van der Waals surface area contributed by atoms with Gasteiger partial charge in [0.1, 0.15) is 6.10 Å². The molecule has 1 aliphatic rings. The van der Waals surface area contributed by atoms with Gasteiger partial charge in [-0.25, -0.2) is 0 Å². The number of alkyl halides is 4. The largest absolute Gasteiger partial charge is 0.462 e. The maximum atomic E-state index is 12.8. The number of rotatable bonds is 5. The lowest BCUT2D eigenvalue weighted by molar-refractivity contribution is -0.148. The number of hydrogen-bond donors (Lipinski definition) is 1. The summed E-state index contributed by atoms with van der Waals surface area (Å²) in [4.78, 5) is 23.9. The molecule has 0 saturated heterocycles. The predicted molar refractivity (Wildman–Crippen MR) is 102 cm³/mol. The molecule has 162 valence electrons. The minimum absolute atomic E-state index is 0.0190. The van der Waals surface area contributed by atoms with E-state index in [4.69, 9.17) is 20.9 Å². The van der Waals surface area contributed by atoms with Crippen molar-refractivity contribution < 1.29 is 32.0 Å². The first-order valence-electron chi connectivity index (χ1n) is 9.39. The van der Waals surface area contributed by atoms with Crippen LogP contribution in [0.3, 0.4) is 0 Å². The molecule has 0 unspecified atom stereocenters. The van der Waals surface area contributed by atoms with Gasteiger partial charge in [0.25, 0.3) is 5.91 Å². The van der Waals surface area contributed by atoms with Crippen molar-refractivity contribution in [1.29, 1.82) is 0 Å². The van der Waals surface area contributed by atoms with Crippen LogP contribution in [0.25, 0.3) is 11.3 Å². The smallest absolute Gasteiger partial charge is 0.416 e. The van der Waals surface area contributed by atoms with Crippen molar-refractivity contribution >= 4 is 23.5 Å². The number of carbonyl (C=O) groups is 2. The SMILES string of the molecule is CC(=O)O[C@H]1CCC[C@@H](NC(=O)c2noc(-c3ccc(C(F)(F)F)cc3)c2CCl)C1. The highest BCUT2D eigenvalue weighted by Gasteiger charge is 2.31. The molecule has 0 radical (unpaired) electrons. The Kier molecular flexibility index (Phi) is 6.70. The molecule has 1 heterocycles. The molecule has 2 aromatic rings. The van der Waals surface area contributed by atoms with Gasteiger partial charge in [-0.2, -0.15) is 13.2 Å². The van der Waals surface area contributed by atoms with Gasteiger partial charge in [-0.15, -0.1) is 11.6 Å². The fraction of sp³-hybridized carbons (Fsp3) is 0.450. The normalized spacial score (nSPS) is 19.4. The van der Waals surface area contributed by atoms with Crippen molar-refractivity contribution in [3.8, 4) is 11.3 Å². The van der Waals surface area contributed by atoms with Crippen LogP contribution >= 0.6 is 11.6 Å². The summed E-state index contributed by atoms with van der Waals surface area (Å²) < 4.78 is 48.7. The van der Waals surface area contributed by atoms with Crippen LogP contribution in [0.5, 0.6) is 0 Å². The maximum Gasteiger partial charge on any atom is 0.416 e. The zero-order valence-corrected chi connectivity index (χ0v) is 16.8. The molecule has 2 atom stereocenters. The van der Waals surface area contributed by atoms with Crippen molar-refractivity contribution in [2.45, 2.75) is 56.8 Å². The molecule has 3 rings (SSSR count). The van der Waals surface area contributed by atoms with E-state index in [2.05, 4.69) is 10.5 Å². The van der Waals surface area contributed by atoms with Crippen molar-refractivity contribution in [1.82, 2.24) is 10.5 Å². The number of hydrogen-bond acceptors (Lipinski definition) is 5. The lowest BCUT2D eigenvalue weighted by Gasteiger charge is -2.29. The van der Waals surface area contributed by atoms with Crippen LogP contribution in [-0.2, 0) is 21.6 Å². The van der Waals surface area contributed by atoms with Crippen molar-refractivity contribution in [2.75, 3.05) is 0 Å². The first kappa shape index (κ1) is 22.1. The first-order valence-corrected chi connectivity index (χ1v) is 9.92. The lowest BCUT2D eigenvalue weighted by atomic mass is 9.92. The van der Waals surface area contributed by atoms with Gasteiger partial charge in [0.15, 0.2) is 11.5 Å². The standard InChI is InChI=1S/C20H20ClF3N2O4/c1-11(27)29-15-4-2-3-14(9-15)25-19(28)17-16(10-21)18(30-26-17)12-5-7-13(8-6-12)20(22,23)24/h5-8,14-15H,2-4,9-10H2,1H3,(H,25,28)/t14-,15+/m1/s1. The fourth-order valence-corrected chi connectivity index (χ4v) is 3.77. The van der Waals surface area contributed by atoms with Crippen LogP contribution in [0.15, 0.2) is 28.8 Å². The van der Waals surface area contributed by atoms with E-state index in [-0.39, 0.29) is 35.4 Å². The molecule has 1 aliphatic carbocycles. The molecular formula is C20H20ClF3N2O4. The molecule has 1 amide bonds. The minimum Gasteiger partial charge on any atom is -0.462 e. The maximum absolute atomic E-state index is 12.8. The number of nitrogens with zero attached hydrogens (tertiary/aromatic N) is 1. The van der Waals surface area contributed by atoms with Crippen LogP contribution in [0.4, 0.5) is 13.2 Å². The van der Waals surface area contributed by atoms with E-state index in [1.54, 1.807) is 0 Å². The second kappa shape index (κ2) is 9.07. The van der Waals surface area contributed by atoms with Crippen molar-refractivity contribution in [3.63, 3.8) is 0 Å². The average molecular weight is 445 g/mol. The van der Waals surface area contributed by atoms with E-state index < -0.39 is 17.6 Å². The number of nitrogens with one attached hydrogen (secondary N) is 1. The molecule has 1 N–H and O–H groups in total. The third-order valence-corrected chi connectivity index (χ3v) is 5.17. The molecule has 1 saturated carbocycles. The summed E-state index contributed by atoms with van der Waals surface area (Å²) in [7, 11) is 0. The molecule has 0 bridgehead atoms. The van der Waals surface area contributed by atoms with Gasteiger partial charge in [-0.05, 0) is 31.4 Å². The van der Waals surface area contributed by atoms with Crippen LogP contribution in [-0.4, -0.2) is 29.2 Å². The summed E-state index contributed by atoms with van der Waals surface area (Å²) >= 11 is 5.98. The van der Waals surface area contributed by atoms with Gasteiger partial charge in [0, 0.05) is 30.5 Å². The number of aromatic nitrogens is 1. The Hall–Kier alpha value is -2.55. The monoisotopic (exact) mass is 444 g/mol. The molecule has 1 aromatic carbocycles. The summed E-state index contributed by atoms with van der Waals surface area (Å²) in [6.07, 6.45) is -1.96. The van der Waals surface area contributed by atoms with Crippen molar-refractivity contribution in [2.24, 2.45) is 0 Å². The Morgan fingerprint density at radius 2 is 1.97 bits per heavy atom. The summed E-state index contributed by atoms with van der Waals surface area (Å²) in [6.45, 7) is 1.34. The van der Waals surface area contributed by atoms with Gasteiger partial charge in [0.05, 0.1) is 11.4 Å². The second-order valence-corrected chi connectivity index (χ2v) is 7.38. The molecular weight excluding hydrogens is 425 g/mol. The molecule has 10 heteroatoms. The Morgan fingerprint density at radius 3 is 2.57 bits per heavy atom. The second-order valence-electron chi connectivity index (χ2n) is 7.12. The van der Waals surface area contributed by atoms with E-state index in [0.29, 0.717) is 17.5 Å². The fourth-order valence-electron chi connectivity index (χ4n) is 3.52. The predicted octanol–water partition coefficient (Wildman–Crippen LogP) is 4.70. The van der Waals surface area contributed by atoms with Crippen LogP contribution < -0.4 is 5.32 Å². The van der Waals surface area contributed by atoms with E-state index >= 15 is 0 Å². The first-order chi connectivity index (χ1) is 14.2. The third-order valence-electron chi connectivity index (χ3n) is 4.91. The Labute approximate surface area is 175 Å². The van der Waals surface area contributed by atoms with Gasteiger partial charge in [-0.1, -0.05) is 17.3 Å². The van der Waals surface area contributed by atoms with Gasteiger partial charge in [-0.3, -0.25) is 9.59 Å². The van der Waals surface area contributed by atoms with Crippen molar-refractivity contribution in [3.05, 3.63) is 41.1 Å². The Morgan fingerprint density at radius 1 is 1.27 bits per heavy atom. The zero-order chi connectivity index (χ0) is 21.9. The quantitative estimate of drug-likeness (QED) is 0.534. The Balaban J connectivity index is 1.75. The highest BCUT2D eigenvalue weighted by atomic mass is 35.5. The summed E-state index contributed by atoms with van der Waals surface area (Å²) in [5.41, 5.74) is -0.190. The Bertz CT molecular complexity index is 912. The van der Waals surface area contributed by atoms with Gasteiger partial charge in [0.2, 0.25) is 0 Å². The van der Waals surface area contributed by atoms with Gasteiger partial charge < -0.3 is 14.6 Å². The summed E-state index contributed by atoms with van der Waals surface area (Å²) in [5.74, 6) is -0.830. The molecule has 0 aliphatic heterocycles. The van der Waals surface area contributed by atoms with E-state index in [1.165, 1.54) is 19.1 Å². The van der Waals surface area contributed by atoms with Gasteiger partial charge >= 0.3 is 12.1 Å². The number of carbonyl (C=O) groups excluding carboxylic acids is 2. The zero-order valence-electron chi connectivity index (χ0n) is 16.1. The van der Waals surface area contributed by atoms with E-state index in [9.17, 15) is 22.8 Å². The molecule has 1 aromatic heterocycles. The lowest BCUT2D eigenvalue weighted by Crippen LogP contribution is -2.41. The van der Waals surface area contributed by atoms with E-state index in [1.807, 2.05) is 0 Å². The summed E-state index contributed by atoms with van der Waals surface area (Å²) in [6, 6.07) is 4.13. The van der Waals surface area contributed by atoms with Crippen LogP contribution in [0, 0.1) is 0 Å². The highest BCUT2D eigenvalue weighted by Crippen LogP contribution is 2.33. The highest BCUT2D eigenvalue weighted by molar-refractivity contribution is 6.18. The van der Waals surface area contributed by atoms with Crippen LogP contribution in [0.1, 0.15) is 54.2 Å². The molecule has 30 heavy (non-hydrogen) atoms. The number of ether oxygens (including phenoxy) is 1. The van der Waals surface area contributed by atoms with E-state index in [0.717, 1.165) is 31.4 Å². The number of esters is 1. The minimum atomic E-state index is -4.45. The number of halogens is 4. The average Bonchev–Trinajstić information content (AvgIpc) is 3.11. The molecule has 6 nitrogen and oxygen atoms in total. The molecule has 1 fully saturated rings. The number of benzene rings is 1. The number of amides is 1.